The van der Waals surface area contributed by atoms with Crippen molar-refractivity contribution in [2.24, 2.45) is 5.41 Å². The van der Waals surface area contributed by atoms with Gasteiger partial charge >= 0.3 is 0 Å². The van der Waals surface area contributed by atoms with E-state index < -0.39 is 0 Å². The molecule has 0 aliphatic carbocycles. The van der Waals surface area contributed by atoms with Crippen LogP contribution in [-0.4, -0.2) is 42.0 Å². The molecular formula is C14H21N3O. The van der Waals surface area contributed by atoms with Gasteiger partial charge in [0.2, 0.25) is 5.91 Å². The van der Waals surface area contributed by atoms with Gasteiger partial charge < -0.3 is 15.2 Å². The average molecular weight is 247 g/mol. The number of carbonyl (C=O) groups excluding carboxylic acids is 1. The maximum atomic E-state index is 12.2. The Bertz CT molecular complexity index is 407. The first kappa shape index (κ1) is 11.8. The zero-order valence-electron chi connectivity index (χ0n) is 10.7. The van der Waals surface area contributed by atoms with Crippen LogP contribution in [-0.2, 0) is 11.2 Å². The van der Waals surface area contributed by atoms with Gasteiger partial charge in [-0.1, -0.05) is 0 Å². The SMILES string of the molecule is O=C(Cc1ccc[nH]1)N1CCC2(CCNCC2)C1. The first-order valence-corrected chi connectivity index (χ1v) is 6.88. The molecule has 2 N–H and O–H groups in total. The van der Waals surface area contributed by atoms with E-state index in [1.807, 2.05) is 18.3 Å². The quantitative estimate of drug-likeness (QED) is 0.824. The van der Waals surface area contributed by atoms with E-state index in [1.165, 1.54) is 19.3 Å². The fraction of sp³-hybridized carbons (Fsp3) is 0.643. The fourth-order valence-corrected chi connectivity index (χ4v) is 3.27. The van der Waals surface area contributed by atoms with E-state index in [-0.39, 0.29) is 5.91 Å². The summed E-state index contributed by atoms with van der Waals surface area (Å²) in [5.74, 6) is 0.271. The second-order valence-corrected chi connectivity index (χ2v) is 5.69. The van der Waals surface area contributed by atoms with E-state index in [1.54, 1.807) is 0 Å². The largest absolute Gasteiger partial charge is 0.365 e. The van der Waals surface area contributed by atoms with Crippen molar-refractivity contribution in [2.75, 3.05) is 26.2 Å². The van der Waals surface area contributed by atoms with Gasteiger partial charge in [0.05, 0.1) is 6.42 Å². The van der Waals surface area contributed by atoms with Crippen LogP contribution >= 0.6 is 0 Å². The van der Waals surface area contributed by atoms with E-state index in [4.69, 9.17) is 0 Å². The number of hydrogen-bond acceptors (Lipinski definition) is 2. The maximum absolute atomic E-state index is 12.2. The van der Waals surface area contributed by atoms with Crippen LogP contribution in [0.3, 0.4) is 0 Å². The Hall–Kier alpha value is -1.29. The van der Waals surface area contributed by atoms with Gasteiger partial charge in [0.15, 0.2) is 0 Å². The minimum Gasteiger partial charge on any atom is -0.365 e. The zero-order valence-corrected chi connectivity index (χ0v) is 10.7. The molecule has 1 aromatic heterocycles. The van der Waals surface area contributed by atoms with E-state index in [0.29, 0.717) is 11.8 Å². The molecule has 2 aliphatic rings. The lowest BCUT2D eigenvalue weighted by atomic mass is 9.78. The van der Waals surface area contributed by atoms with Crippen molar-refractivity contribution in [1.82, 2.24) is 15.2 Å². The second-order valence-electron chi connectivity index (χ2n) is 5.69. The van der Waals surface area contributed by atoms with Crippen molar-refractivity contribution in [3.8, 4) is 0 Å². The minimum absolute atomic E-state index is 0.271. The molecule has 2 aliphatic heterocycles. The topological polar surface area (TPSA) is 48.1 Å². The van der Waals surface area contributed by atoms with Crippen LogP contribution in [0, 0.1) is 5.41 Å². The molecule has 1 amide bonds. The molecule has 3 heterocycles. The lowest BCUT2D eigenvalue weighted by molar-refractivity contribution is -0.130. The molecule has 0 saturated carbocycles. The van der Waals surface area contributed by atoms with Gasteiger partial charge in [0.1, 0.15) is 0 Å². The number of likely N-dealkylation sites (tertiary alicyclic amines) is 1. The Kier molecular flexibility index (Phi) is 3.12. The second kappa shape index (κ2) is 4.76. The molecule has 98 valence electrons. The molecule has 0 unspecified atom stereocenters. The third-order valence-corrected chi connectivity index (χ3v) is 4.46. The number of H-pyrrole nitrogens is 1. The highest BCUT2D eigenvalue weighted by molar-refractivity contribution is 5.78. The molecule has 2 fully saturated rings. The molecule has 0 atom stereocenters. The molecule has 4 nitrogen and oxygen atoms in total. The molecule has 1 spiro atoms. The Morgan fingerprint density at radius 3 is 2.89 bits per heavy atom. The summed E-state index contributed by atoms with van der Waals surface area (Å²) in [6.07, 6.45) is 6.02. The number of piperidine rings is 1. The van der Waals surface area contributed by atoms with E-state index in [9.17, 15) is 4.79 Å². The number of nitrogens with one attached hydrogen (secondary N) is 2. The normalized spacial score (nSPS) is 22.6. The van der Waals surface area contributed by atoms with Crippen LogP contribution in [0.25, 0.3) is 0 Å². The van der Waals surface area contributed by atoms with Gasteiger partial charge in [0.25, 0.3) is 0 Å². The first-order chi connectivity index (χ1) is 8.77. The third kappa shape index (κ3) is 2.29. The van der Waals surface area contributed by atoms with Crippen molar-refractivity contribution < 1.29 is 4.79 Å². The molecule has 0 bridgehead atoms. The standard InChI is InChI=1S/C14H21N3O/c18-13(10-12-2-1-6-16-12)17-9-5-14(11-17)3-7-15-8-4-14/h1-2,6,15-16H,3-5,7-11H2. The summed E-state index contributed by atoms with van der Waals surface area (Å²) in [4.78, 5) is 17.4. The van der Waals surface area contributed by atoms with Crippen LogP contribution in [0.15, 0.2) is 18.3 Å². The van der Waals surface area contributed by atoms with E-state index in [2.05, 4.69) is 15.2 Å². The Labute approximate surface area is 108 Å². The number of carbonyl (C=O) groups is 1. The highest BCUT2D eigenvalue weighted by Gasteiger charge is 2.40. The van der Waals surface area contributed by atoms with Crippen LogP contribution < -0.4 is 5.32 Å². The van der Waals surface area contributed by atoms with Gasteiger partial charge in [-0.15, -0.1) is 0 Å². The van der Waals surface area contributed by atoms with Crippen molar-refractivity contribution in [3.05, 3.63) is 24.0 Å². The number of hydrogen-bond donors (Lipinski definition) is 2. The van der Waals surface area contributed by atoms with Gasteiger partial charge in [0, 0.05) is 25.0 Å². The summed E-state index contributed by atoms with van der Waals surface area (Å²) in [6, 6.07) is 3.93. The summed E-state index contributed by atoms with van der Waals surface area (Å²) in [7, 11) is 0. The number of rotatable bonds is 2. The molecule has 1 aromatic rings. The van der Waals surface area contributed by atoms with E-state index >= 15 is 0 Å². The van der Waals surface area contributed by atoms with Crippen molar-refractivity contribution >= 4 is 5.91 Å². The lowest BCUT2D eigenvalue weighted by Crippen LogP contribution is -2.40. The van der Waals surface area contributed by atoms with Crippen molar-refractivity contribution in [3.63, 3.8) is 0 Å². The molecule has 3 rings (SSSR count). The number of aromatic amines is 1. The predicted molar refractivity (Wildman–Crippen MR) is 70.2 cm³/mol. The van der Waals surface area contributed by atoms with Crippen LogP contribution in [0.1, 0.15) is 25.0 Å². The average Bonchev–Trinajstić information content (AvgIpc) is 3.01. The summed E-state index contributed by atoms with van der Waals surface area (Å²) in [5, 5.41) is 3.41. The lowest BCUT2D eigenvalue weighted by Gasteiger charge is -2.33. The highest BCUT2D eigenvalue weighted by Crippen LogP contribution is 2.38. The minimum atomic E-state index is 0.271. The number of aromatic nitrogens is 1. The van der Waals surface area contributed by atoms with Crippen LogP contribution in [0.2, 0.25) is 0 Å². The zero-order chi connectivity index (χ0) is 12.4. The maximum Gasteiger partial charge on any atom is 0.228 e. The van der Waals surface area contributed by atoms with E-state index in [0.717, 1.165) is 31.9 Å². The van der Waals surface area contributed by atoms with Crippen molar-refractivity contribution in [2.45, 2.75) is 25.7 Å². The van der Waals surface area contributed by atoms with Gasteiger partial charge in [-0.05, 0) is 49.9 Å². The Balaban J connectivity index is 1.59. The van der Waals surface area contributed by atoms with Gasteiger partial charge in [-0.2, -0.15) is 0 Å². The summed E-state index contributed by atoms with van der Waals surface area (Å²) in [6.45, 7) is 4.13. The third-order valence-electron chi connectivity index (χ3n) is 4.46. The number of amides is 1. The summed E-state index contributed by atoms with van der Waals surface area (Å²) < 4.78 is 0. The van der Waals surface area contributed by atoms with Gasteiger partial charge in [-0.3, -0.25) is 4.79 Å². The van der Waals surface area contributed by atoms with Crippen LogP contribution in [0.4, 0.5) is 0 Å². The van der Waals surface area contributed by atoms with Crippen molar-refractivity contribution in [1.29, 1.82) is 0 Å². The first-order valence-electron chi connectivity index (χ1n) is 6.88. The summed E-state index contributed by atoms with van der Waals surface area (Å²) in [5.41, 5.74) is 1.43. The molecular weight excluding hydrogens is 226 g/mol. The molecule has 4 heteroatoms. The Morgan fingerprint density at radius 1 is 1.33 bits per heavy atom. The Morgan fingerprint density at radius 2 is 2.17 bits per heavy atom. The molecule has 18 heavy (non-hydrogen) atoms. The monoisotopic (exact) mass is 247 g/mol. The molecule has 0 radical (unpaired) electrons. The predicted octanol–water partition coefficient (Wildman–Crippen LogP) is 1.16. The summed E-state index contributed by atoms with van der Waals surface area (Å²) >= 11 is 0. The highest BCUT2D eigenvalue weighted by atomic mass is 16.2. The van der Waals surface area contributed by atoms with Crippen LogP contribution in [0.5, 0.6) is 0 Å². The number of nitrogens with zero attached hydrogens (tertiary/aromatic N) is 1. The molecule has 2 saturated heterocycles. The smallest absolute Gasteiger partial charge is 0.228 e. The van der Waals surface area contributed by atoms with Gasteiger partial charge in [-0.25, -0.2) is 0 Å². The molecule has 0 aromatic carbocycles. The fourth-order valence-electron chi connectivity index (χ4n) is 3.27.